The summed E-state index contributed by atoms with van der Waals surface area (Å²) >= 11 is 0. The van der Waals surface area contributed by atoms with Crippen LogP contribution < -0.4 is 10.2 Å². The SMILES string of the molecule is c1c[nH]c(-c2ccc3c(c2)CCN3C2CCNCC2)n1. The molecule has 0 saturated carbocycles. The van der Waals surface area contributed by atoms with Crippen LogP contribution in [0.3, 0.4) is 0 Å². The lowest BCUT2D eigenvalue weighted by Crippen LogP contribution is -2.42. The van der Waals surface area contributed by atoms with Crippen molar-refractivity contribution in [3.63, 3.8) is 0 Å². The van der Waals surface area contributed by atoms with E-state index >= 15 is 0 Å². The summed E-state index contributed by atoms with van der Waals surface area (Å²) < 4.78 is 0. The zero-order valence-electron chi connectivity index (χ0n) is 11.6. The number of aromatic amines is 1. The Kier molecular flexibility index (Phi) is 2.96. The molecule has 2 aromatic rings. The van der Waals surface area contributed by atoms with Crippen LogP contribution in [-0.4, -0.2) is 35.6 Å². The summed E-state index contributed by atoms with van der Waals surface area (Å²) in [5.74, 6) is 0.966. The van der Waals surface area contributed by atoms with Crippen molar-refractivity contribution in [2.75, 3.05) is 24.5 Å². The van der Waals surface area contributed by atoms with Crippen molar-refractivity contribution in [3.05, 3.63) is 36.2 Å². The minimum atomic E-state index is 0.715. The van der Waals surface area contributed by atoms with Crippen molar-refractivity contribution in [1.82, 2.24) is 15.3 Å². The maximum atomic E-state index is 4.34. The third-order valence-electron chi connectivity index (χ3n) is 4.53. The van der Waals surface area contributed by atoms with Gasteiger partial charge in [0.1, 0.15) is 5.82 Å². The summed E-state index contributed by atoms with van der Waals surface area (Å²) in [7, 11) is 0. The molecule has 20 heavy (non-hydrogen) atoms. The van der Waals surface area contributed by atoms with E-state index in [1.54, 1.807) is 0 Å². The Bertz CT molecular complexity index is 585. The van der Waals surface area contributed by atoms with Crippen molar-refractivity contribution in [3.8, 4) is 11.4 Å². The van der Waals surface area contributed by atoms with Gasteiger partial charge in [-0.15, -0.1) is 0 Å². The van der Waals surface area contributed by atoms with E-state index in [4.69, 9.17) is 0 Å². The molecule has 0 unspecified atom stereocenters. The molecule has 1 fully saturated rings. The lowest BCUT2D eigenvalue weighted by Gasteiger charge is -2.33. The Balaban J connectivity index is 1.62. The van der Waals surface area contributed by atoms with Crippen LogP contribution in [0.25, 0.3) is 11.4 Å². The summed E-state index contributed by atoms with van der Waals surface area (Å²) in [5, 5.41) is 3.45. The molecule has 1 aromatic carbocycles. The summed E-state index contributed by atoms with van der Waals surface area (Å²) in [6, 6.07) is 7.49. The van der Waals surface area contributed by atoms with Gasteiger partial charge in [-0.3, -0.25) is 0 Å². The number of benzene rings is 1. The zero-order chi connectivity index (χ0) is 13.4. The van der Waals surface area contributed by atoms with Crippen molar-refractivity contribution < 1.29 is 0 Å². The van der Waals surface area contributed by atoms with Gasteiger partial charge in [-0.2, -0.15) is 0 Å². The molecule has 4 rings (SSSR count). The first-order chi connectivity index (χ1) is 9.92. The van der Waals surface area contributed by atoms with Gasteiger partial charge in [0.05, 0.1) is 0 Å². The lowest BCUT2D eigenvalue weighted by molar-refractivity contribution is 0.435. The normalized spacial score (nSPS) is 19.3. The highest BCUT2D eigenvalue weighted by atomic mass is 15.2. The zero-order valence-corrected chi connectivity index (χ0v) is 11.6. The third-order valence-corrected chi connectivity index (χ3v) is 4.53. The van der Waals surface area contributed by atoms with Crippen LogP contribution >= 0.6 is 0 Å². The molecule has 3 heterocycles. The van der Waals surface area contributed by atoms with E-state index in [1.807, 2.05) is 12.4 Å². The number of anilines is 1. The predicted molar refractivity (Wildman–Crippen MR) is 81.0 cm³/mol. The maximum Gasteiger partial charge on any atom is 0.137 e. The highest BCUT2D eigenvalue weighted by Gasteiger charge is 2.27. The number of hydrogen-bond donors (Lipinski definition) is 2. The first-order valence-corrected chi connectivity index (χ1v) is 7.52. The second kappa shape index (κ2) is 4.94. The average Bonchev–Trinajstić information content (AvgIpc) is 3.17. The number of aromatic nitrogens is 2. The molecule has 0 amide bonds. The summed E-state index contributed by atoms with van der Waals surface area (Å²) in [4.78, 5) is 10.1. The Labute approximate surface area is 119 Å². The largest absolute Gasteiger partial charge is 0.368 e. The number of piperidine rings is 1. The minimum absolute atomic E-state index is 0.715. The molecule has 0 atom stereocenters. The van der Waals surface area contributed by atoms with Crippen LogP contribution in [0.4, 0.5) is 5.69 Å². The number of hydrogen-bond acceptors (Lipinski definition) is 3. The Morgan fingerprint density at radius 1 is 1.20 bits per heavy atom. The molecule has 1 aromatic heterocycles. The number of nitrogens with one attached hydrogen (secondary N) is 2. The standard InChI is InChI=1S/C16H20N4/c1-2-15-12(11-13(1)16-18-8-9-19-16)5-10-20(15)14-3-6-17-7-4-14/h1-2,8-9,11,14,17H,3-7,10H2,(H,18,19). The van der Waals surface area contributed by atoms with E-state index in [2.05, 4.69) is 38.4 Å². The molecule has 0 aliphatic carbocycles. The lowest BCUT2D eigenvalue weighted by atomic mass is 10.0. The molecule has 1 saturated heterocycles. The predicted octanol–water partition coefficient (Wildman–Crippen LogP) is 2.19. The van der Waals surface area contributed by atoms with Crippen LogP contribution in [-0.2, 0) is 6.42 Å². The molecule has 4 heteroatoms. The molecule has 2 N–H and O–H groups in total. The van der Waals surface area contributed by atoms with Crippen molar-refractivity contribution >= 4 is 5.69 Å². The number of H-pyrrole nitrogens is 1. The van der Waals surface area contributed by atoms with E-state index in [1.165, 1.54) is 36.2 Å². The molecular weight excluding hydrogens is 248 g/mol. The van der Waals surface area contributed by atoms with Gasteiger partial charge in [0.25, 0.3) is 0 Å². The summed E-state index contributed by atoms with van der Waals surface area (Å²) in [5.41, 5.74) is 4.10. The summed E-state index contributed by atoms with van der Waals surface area (Å²) in [6.45, 7) is 3.48. The Hall–Kier alpha value is -1.81. The van der Waals surface area contributed by atoms with Gasteiger partial charge in [-0.1, -0.05) is 0 Å². The van der Waals surface area contributed by atoms with E-state index in [0.717, 1.165) is 25.3 Å². The molecule has 104 valence electrons. The van der Waals surface area contributed by atoms with E-state index in [-0.39, 0.29) is 0 Å². The molecule has 2 aliphatic heterocycles. The van der Waals surface area contributed by atoms with Gasteiger partial charge in [-0.05, 0) is 56.1 Å². The third kappa shape index (κ3) is 2.00. The van der Waals surface area contributed by atoms with E-state index in [0.29, 0.717) is 6.04 Å². The van der Waals surface area contributed by atoms with Gasteiger partial charge in [0, 0.05) is 36.2 Å². The molecular formula is C16H20N4. The molecule has 4 nitrogen and oxygen atoms in total. The number of rotatable bonds is 2. The Morgan fingerprint density at radius 3 is 2.90 bits per heavy atom. The molecule has 0 radical (unpaired) electrons. The first kappa shape index (κ1) is 12.0. The van der Waals surface area contributed by atoms with Crippen LogP contribution in [0.2, 0.25) is 0 Å². The summed E-state index contributed by atoms with van der Waals surface area (Å²) in [6.07, 6.45) is 7.38. The Morgan fingerprint density at radius 2 is 2.10 bits per heavy atom. The van der Waals surface area contributed by atoms with Gasteiger partial charge < -0.3 is 15.2 Å². The average molecular weight is 268 g/mol. The van der Waals surface area contributed by atoms with Gasteiger partial charge in [0.15, 0.2) is 0 Å². The topological polar surface area (TPSA) is 44.0 Å². The van der Waals surface area contributed by atoms with Crippen molar-refractivity contribution in [2.45, 2.75) is 25.3 Å². The number of fused-ring (bicyclic) bond motifs is 1. The first-order valence-electron chi connectivity index (χ1n) is 7.52. The van der Waals surface area contributed by atoms with Crippen LogP contribution in [0.5, 0.6) is 0 Å². The van der Waals surface area contributed by atoms with Gasteiger partial charge in [0.2, 0.25) is 0 Å². The van der Waals surface area contributed by atoms with Crippen molar-refractivity contribution in [2.24, 2.45) is 0 Å². The van der Waals surface area contributed by atoms with Crippen molar-refractivity contribution in [1.29, 1.82) is 0 Å². The highest BCUT2D eigenvalue weighted by Crippen LogP contribution is 2.34. The van der Waals surface area contributed by atoms with Crippen LogP contribution in [0.1, 0.15) is 18.4 Å². The van der Waals surface area contributed by atoms with Crippen LogP contribution in [0, 0.1) is 0 Å². The van der Waals surface area contributed by atoms with Gasteiger partial charge >= 0.3 is 0 Å². The van der Waals surface area contributed by atoms with Crippen LogP contribution in [0.15, 0.2) is 30.6 Å². The number of imidazole rings is 1. The fraction of sp³-hybridized carbons (Fsp3) is 0.438. The highest BCUT2D eigenvalue weighted by molar-refractivity contribution is 5.67. The minimum Gasteiger partial charge on any atom is -0.368 e. The quantitative estimate of drug-likeness (QED) is 0.877. The second-order valence-electron chi connectivity index (χ2n) is 5.71. The maximum absolute atomic E-state index is 4.34. The number of nitrogens with zero attached hydrogens (tertiary/aromatic N) is 2. The molecule has 0 spiro atoms. The van der Waals surface area contributed by atoms with Gasteiger partial charge in [-0.25, -0.2) is 4.98 Å². The molecule has 2 aliphatic rings. The molecule has 0 bridgehead atoms. The smallest absolute Gasteiger partial charge is 0.137 e. The van der Waals surface area contributed by atoms with E-state index in [9.17, 15) is 0 Å². The fourth-order valence-electron chi connectivity index (χ4n) is 3.50. The monoisotopic (exact) mass is 268 g/mol. The fourth-order valence-corrected chi connectivity index (χ4v) is 3.50. The second-order valence-corrected chi connectivity index (χ2v) is 5.71. The van der Waals surface area contributed by atoms with E-state index < -0.39 is 0 Å².